The van der Waals surface area contributed by atoms with Crippen LogP contribution in [0.5, 0.6) is 0 Å². The first-order chi connectivity index (χ1) is 1.73. The summed E-state index contributed by atoms with van der Waals surface area (Å²) in [6, 6.07) is 0. The zero-order valence-corrected chi connectivity index (χ0v) is 4.64. The van der Waals surface area contributed by atoms with Crippen molar-refractivity contribution >= 4 is 41.8 Å². The van der Waals surface area contributed by atoms with Crippen molar-refractivity contribution in [2.75, 3.05) is 0 Å². The van der Waals surface area contributed by atoms with Crippen LogP contribution in [-0.4, -0.2) is 33.0 Å². The third-order valence-corrected chi connectivity index (χ3v) is 0. The summed E-state index contributed by atoms with van der Waals surface area (Å²) in [4.78, 5) is 0. The molecule has 0 aromatic carbocycles. The predicted molar refractivity (Wildman–Crippen MR) is 34.6 cm³/mol. The van der Waals surface area contributed by atoms with Crippen LogP contribution in [0.15, 0.2) is 0 Å². The van der Waals surface area contributed by atoms with Gasteiger partial charge >= 0.3 is 0 Å². The first-order valence-corrected chi connectivity index (χ1v) is 4.71. The highest BCUT2D eigenvalue weighted by Gasteiger charge is 1.70. The van der Waals surface area contributed by atoms with Crippen LogP contribution in [0.1, 0.15) is 0 Å². The molecule has 0 amide bonds. The Balaban J connectivity index is 0. The Bertz CT molecular complexity index is 34.6. The van der Waals surface area contributed by atoms with E-state index in [1.165, 1.54) is 0 Å². The maximum atomic E-state index is 9.59. The Morgan fingerprint density at radius 2 is 1.80 bits per heavy atom. The molecule has 1 atom stereocenters. The Morgan fingerprint density at radius 1 is 1.80 bits per heavy atom. The van der Waals surface area contributed by atoms with Crippen molar-refractivity contribution in [2.45, 2.75) is 0 Å². The summed E-state index contributed by atoms with van der Waals surface area (Å²) in [7, 11) is 2.67. The number of hydrogen-bond donors (Lipinski definition) is 0. The van der Waals surface area contributed by atoms with E-state index in [4.69, 9.17) is 0 Å². The minimum Gasteiger partial charge on any atom is -0.394 e. The summed E-state index contributed by atoms with van der Waals surface area (Å²) in [6.07, 6.45) is 0. The van der Waals surface area contributed by atoms with Gasteiger partial charge in [0.05, 0.1) is 0 Å². The lowest BCUT2D eigenvalue weighted by molar-refractivity contribution is 0.583. The minimum atomic E-state index is -1.21. The normalized spacial score (nSPS) is 5.00. The molecule has 0 spiro atoms. The molecule has 0 aliphatic carbocycles. The van der Waals surface area contributed by atoms with Crippen LogP contribution in [-0.2, 0) is 4.46 Å². The second-order valence-electron chi connectivity index (χ2n) is 0.611. The van der Waals surface area contributed by atoms with Gasteiger partial charge in [-0.3, -0.25) is 0 Å². The van der Waals surface area contributed by atoms with Crippen LogP contribution in [0, 0.1) is 0 Å². The fourth-order valence-electron chi connectivity index (χ4n) is 0. The van der Waals surface area contributed by atoms with Crippen LogP contribution in [0.3, 0.4) is 0 Å². The fraction of sp³-hybridized carbons (Fsp3) is 0. The molecule has 0 aliphatic rings. The van der Waals surface area contributed by atoms with Gasteiger partial charge in [-0.25, -0.2) is 0 Å². The lowest BCUT2D eigenvalue weighted by Crippen LogP contribution is -1.78. The van der Waals surface area contributed by atoms with Crippen LogP contribution in [0.2, 0.25) is 0 Å². The Hall–Kier alpha value is 1.04. The lowest BCUT2D eigenvalue weighted by Gasteiger charge is -1.51. The van der Waals surface area contributed by atoms with Gasteiger partial charge in [-0.1, -0.05) is 8.79 Å². The summed E-state index contributed by atoms with van der Waals surface area (Å²) in [5, 5.41) is 0. The van der Waals surface area contributed by atoms with Crippen LogP contribution in [0.25, 0.3) is 0 Å². The smallest absolute Gasteiger partial charge is 0.243 e. The third-order valence-electron chi connectivity index (χ3n) is 0. The van der Waals surface area contributed by atoms with Crippen LogP contribution < -0.4 is 0 Å². The molecule has 28 valence electrons. The van der Waals surface area contributed by atoms with Crippen molar-refractivity contribution < 1.29 is 4.46 Å². The molecular weight excluding hydrogens is 113 g/mol. The highest BCUT2D eigenvalue weighted by atomic mass is 31.3. The molecule has 5 heavy (non-hydrogen) atoms. The maximum absolute atomic E-state index is 9.59. The zero-order chi connectivity index (χ0) is 3.58. The molecule has 0 radical (unpaired) electrons. The topological polar surface area (TPSA) is 17.1 Å². The molecule has 0 rings (SSSR count). The first-order valence-electron chi connectivity index (χ1n) is 0.993. The van der Waals surface area contributed by atoms with E-state index in [9.17, 15) is 4.46 Å². The maximum Gasteiger partial charge on any atom is 0.243 e. The monoisotopic (exact) mass is 120 g/mol. The molecule has 0 saturated heterocycles. The van der Waals surface area contributed by atoms with E-state index in [1.807, 2.05) is 0 Å². The molecule has 0 fully saturated rings. The van der Waals surface area contributed by atoms with Gasteiger partial charge in [0.15, 0.2) is 24.8 Å². The molecule has 1 unspecified atom stereocenters. The average Bonchev–Trinajstić information content (AvgIpc) is 0.811. The summed E-state index contributed by atoms with van der Waals surface area (Å²) >= 11 is 0. The van der Waals surface area contributed by atoms with E-state index in [0.717, 1.165) is 0 Å². The van der Waals surface area contributed by atoms with Gasteiger partial charge in [0.2, 0.25) is 8.22 Å². The third kappa shape index (κ3) is 42.9. The van der Waals surface area contributed by atoms with Crippen molar-refractivity contribution in [3.05, 3.63) is 0 Å². The average molecular weight is 120 g/mol. The van der Waals surface area contributed by atoms with E-state index in [2.05, 4.69) is 8.79 Å². The van der Waals surface area contributed by atoms with Crippen molar-refractivity contribution in [2.24, 2.45) is 0 Å². The van der Waals surface area contributed by atoms with Gasteiger partial charge in [0, 0.05) is 0 Å². The van der Waals surface area contributed by atoms with Gasteiger partial charge < -0.3 is 4.46 Å². The summed E-state index contributed by atoms with van der Waals surface area (Å²) in [5.74, 6) is 0. The molecule has 0 saturated carbocycles. The highest BCUT2D eigenvalue weighted by molar-refractivity contribution is 7.67. The van der Waals surface area contributed by atoms with Crippen molar-refractivity contribution in [1.82, 2.24) is 0 Å². The zero-order valence-electron chi connectivity index (χ0n) is 2.49. The second-order valence-corrected chi connectivity index (χ2v) is 4.27. The van der Waals surface area contributed by atoms with Gasteiger partial charge in [-0.05, 0) is 0 Å². The van der Waals surface area contributed by atoms with Crippen LogP contribution in [0.4, 0.5) is 0 Å². The molecular formula is H7AlBOPSi. The molecule has 0 aliphatic heterocycles. The van der Waals surface area contributed by atoms with E-state index < -0.39 is 8.22 Å². The van der Waals surface area contributed by atoms with Crippen molar-refractivity contribution in [1.29, 1.82) is 0 Å². The highest BCUT2D eigenvalue weighted by Crippen LogP contribution is 1.65. The summed E-state index contributed by atoms with van der Waals surface area (Å²) < 4.78 is 9.59. The number of hydrogen-bond acceptors (Lipinski definition) is 1. The van der Waals surface area contributed by atoms with Crippen LogP contribution >= 0.6 is 8.79 Å². The molecule has 0 N–H and O–H groups in total. The van der Waals surface area contributed by atoms with Gasteiger partial charge in [-0.15, -0.1) is 0 Å². The van der Waals surface area contributed by atoms with Crippen molar-refractivity contribution in [3.8, 4) is 0 Å². The SMILES string of the molecule is B[Si](=O)P.[AlH3]. The summed E-state index contributed by atoms with van der Waals surface area (Å²) in [5.41, 5.74) is 0. The van der Waals surface area contributed by atoms with E-state index in [-0.39, 0.29) is 17.4 Å². The largest absolute Gasteiger partial charge is 0.394 e. The van der Waals surface area contributed by atoms with Gasteiger partial charge in [0.1, 0.15) is 0 Å². The Labute approximate surface area is 46.7 Å². The van der Waals surface area contributed by atoms with E-state index in [1.54, 1.807) is 7.44 Å². The fourth-order valence-corrected chi connectivity index (χ4v) is 0. The quantitative estimate of drug-likeness (QED) is 0.260. The van der Waals surface area contributed by atoms with E-state index >= 15 is 0 Å². The lowest BCUT2D eigenvalue weighted by atomic mass is 10.8. The van der Waals surface area contributed by atoms with E-state index in [0.29, 0.717) is 0 Å². The minimum absolute atomic E-state index is 0. The summed E-state index contributed by atoms with van der Waals surface area (Å²) in [6.45, 7) is 0. The standard InChI is InChI=1S/Al.BH4OPSi.3H/c;1-4(2)3;;;/h;1,3H2;;;. The molecule has 5 heteroatoms. The molecule has 0 heterocycles. The molecule has 0 aromatic rings. The predicted octanol–water partition coefficient (Wildman–Crippen LogP) is -2.27. The number of rotatable bonds is 0. The molecule has 1 nitrogen and oxygen atoms in total. The molecule has 0 bridgehead atoms. The Morgan fingerprint density at radius 3 is 1.80 bits per heavy atom. The van der Waals surface area contributed by atoms with Gasteiger partial charge in [-0.2, -0.15) is 0 Å². The Kier molecular flexibility index (Phi) is 9.49. The van der Waals surface area contributed by atoms with Crippen molar-refractivity contribution in [3.63, 3.8) is 0 Å². The first kappa shape index (κ1) is 9.40. The second kappa shape index (κ2) is 5.04. The van der Waals surface area contributed by atoms with Gasteiger partial charge in [0.25, 0.3) is 0 Å². The molecule has 0 aromatic heterocycles.